The smallest absolute Gasteiger partial charge is 0.137 e. The number of nitrogens with zero attached hydrogens (tertiary/aromatic N) is 3. The topological polar surface area (TPSA) is 50.9 Å². The Hall–Kier alpha value is -1.27. The van der Waals surface area contributed by atoms with Crippen molar-refractivity contribution in [2.75, 3.05) is 0 Å². The molecule has 0 saturated heterocycles. The third kappa shape index (κ3) is 1.98. The van der Waals surface area contributed by atoms with Crippen LogP contribution in [-0.2, 0) is 6.61 Å². The minimum atomic E-state index is -0.316. The lowest BCUT2D eigenvalue weighted by molar-refractivity contribution is 0.276. The van der Waals surface area contributed by atoms with Gasteiger partial charge in [0.1, 0.15) is 11.5 Å². The Morgan fingerprint density at radius 1 is 1.50 bits per heavy atom. The van der Waals surface area contributed by atoms with Gasteiger partial charge in [-0.05, 0) is 40.5 Å². The van der Waals surface area contributed by atoms with Gasteiger partial charge in [-0.25, -0.2) is 9.07 Å². The molecule has 0 aliphatic carbocycles. The first-order valence-corrected chi connectivity index (χ1v) is 5.39. The summed E-state index contributed by atoms with van der Waals surface area (Å²) in [5.74, 6) is -0.316. The second-order valence-electron chi connectivity index (χ2n) is 3.37. The minimum Gasteiger partial charge on any atom is -0.390 e. The molecule has 0 radical (unpaired) electrons. The van der Waals surface area contributed by atoms with E-state index in [1.807, 2.05) is 0 Å². The van der Waals surface area contributed by atoms with Gasteiger partial charge in [0.05, 0.1) is 23.0 Å². The Bertz CT molecular complexity index is 527. The number of aliphatic hydroxyl groups is 1. The van der Waals surface area contributed by atoms with Crippen molar-refractivity contribution in [2.45, 2.75) is 13.5 Å². The van der Waals surface area contributed by atoms with E-state index in [1.54, 1.807) is 19.2 Å². The van der Waals surface area contributed by atoms with Crippen LogP contribution in [0.15, 0.2) is 22.8 Å². The highest BCUT2D eigenvalue weighted by atomic mass is 79.9. The maximum atomic E-state index is 13.2. The predicted octanol–water partition coefficient (Wildman–Crippen LogP) is 1.97. The first kappa shape index (κ1) is 11.2. The third-order valence-electron chi connectivity index (χ3n) is 2.19. The van der Waals surface area contributed by atoms with E-state index in [2.05, 4.69) is 26.2 Å². The summed E-state index contributed by atoms with van der Waals surface area (Å²) in [6, 6.07) is 3.04. The van der Waals surface area contributed by atoms with Crippen LogP contribution in [0.25, 0.3) is 5.69 Å². The van der Waals surface area contributed by atoms with Crippen molar-refractivity contribution < 1.29 is 9.50 Å². The first-order valence-electron chi connectivity index (χ1n) is 4.60. The van der Waals surface area contributed by atoms with Crippen LogP contribution < -0.4 is 0 Å². The van der Waals surface area contributed by atoms with Crippen molar-refractivity contribution in [2.24, 2.45) is 0 Å². The van der Waals surface area contributed by atoms with Crippen LogP contribution in [0.4, 0.5) is 4.39 Å². The normalized spacial score (nSPS) is 10.8. The minimum absolute atomic E-state index is 0.165. The van der Waals surface area contributed by atoms with Crippen LogP contribution >= 0.6 is 15.9 Å². The summed E-state index contributed by atoms with van der Waals surface area (Å²) in [6.45, 7) is 1.62. The number of hydrogen-bond acceptors (Lipinski definition) is 3. The molecular weight excluding hydrogens is 277 g/mol. The highest BCUT2D eigenvalue weighted by molar-refractivity contribution is 9.10. The van der Waals surface area contributed by atoms with Crippen molar-refractivity contribution >= 4 is 15.9 Å². The van der Waals surface area contributed by atoms with Crippen LogP contribution in [-0.4, -0.2) is 20.1 Å². The van der Waals surface area contributed by atoms with Crippen molar-refractivity contribution in [3.05, 3.63) is 39.9 Å². The molecule has 1 aromatic heterocycles. The number of benzene rings is 1. The van der Waals surface area contributed by atoms with Gasteiger partial charge in [-0.15, -0.1) is 5.10 Å². The predicted molar refractivity (Wildman–Crippen MR) is 59.7 cm³/mol. The van der Waals surface area contributed by atoms with Crippen LogP contribution in [0, 0.1) is 12.7 Å². The zero-order valence-electron chi connectivity index (χ0n) is 8.48. The van der Waals surface area contributed by atoms with Gasteiger partial charge in [-0.1, -0.05) is 5.21 Å². The van der Waals surface area contributed by atoms with Gasteiger partial charge in [0.15, 0.2) is 0 Å². The number of rotatable bonds is 2. The average molecular weight is 286 g/mol. The lowest BCUT2D eigenvalue weighted by Gasteiger charge is -2.06. The molecular formula is C10H9BrFN3O. The van der Waals surface area contributed by atoms with E-state index in [9.17, 15) is 4.39 Å². The molecule has 16 heavy (non-hydrogen) atoms. The van der Waals surface area contributed by atoms with Gasteiger partial charge in [0.25, 0.3) is 0 Å². The second-order valence-corrected chi connectivity index (χ2v) is 4.22. The summed E-state index contributed by atoms with van der Waals surface area (Å²) in [6.07, 6.45) is 1.60. The van der Waals surface area contributed by atoms with Gasteiger partial charge in [0, 0.05) is 0 Å². The number of aliphatic hydroxyl groups excluding tert-OH is 1. The molecule has 4 nitrogen and oxygen atoms in total. The summed E-state index contributed by atoms with van der Waals surface area (Å²) in [4.78, 5) is 0. The van der Waals surface area contributed by atoms with E-state index in [4.69, 9.17) is 5.11 Å². The van der Waals surface area contributed by atoms with Crippen molar-refractivity contribution in [1.29, 1.82) is 0 Å². The maximum absolute atomic E-state index is 13.2. The van der Waals surface area contributed by atoms with Gasteiger partial charge in [-0.3, -0.25) is 0 Å². The highest BCUT2D eigenvalue weighted by Crippen LogP contribution is 2.22. The van der Waals surface area contributed by atoms with E-state index in [0.29, 0.717) is 10.2 Å². The molecule has 2 aromatic rings. The van der Waals surface area contributed by atoms with Crippen molar-refractivity contribution in [1.82, 2.24) is 15.0 Å². The van der Waals surface area contributed by atoms with E-state index < -0.39 is 0 Å². The van der Waals surface area contributed by atoms with Crippen LogP contribution in [0.2, 0.25) is 0 Å². The standard InChI is InChI=1S/C10H9BrFN3O/c1-6-2-9(12)8(11)3-10(6)15-4-7(5-16)13-14-15/h2-4,16H,5H2,1H3. The zero-order valence-corrected chi connectivity index (χ0v) is 10.1. The van der Waals surface area contributed by atoms with Gasteiger partial charge < -0.3 is 5.11 Å². The molecule has 0 bridgehead atoms. The Labute approximate surface area is 99.8 Å². The summed E-state index contributed by atoms with van der Waals surface area (Å²) >= 11 is 3.12. The van der Waals surface area contributed by atoms with Crippen LogP contribution in [0.5, 0.6) is 0 Å². The third-order valence-corrected chi connectivity index (χ3v) is 2.80. The van der Waals surface area contributed by atoms with E-state index >= 15 is 0 Å². The number of hydrogen-bond donors (Lipinski definition) is 1. The molecule has 0 amide bonds. The van der Waals surface area contributed by atoms with Crippen LogP contribution in [0.1, 0.15) is 11.3 Å². The quantitative estimate of drug-likeness (QED) is 0.918. The fraction of sp³-hybridized carbons (Fsp3) is 0.200. The average Bonchev–Trinajstić information content (AvgIpc) is 2.71. The van der Waals surface area contributed by atoms with Crippen molar-refractivity contribution in [3.63, 3.8) is 0 Å². The summed E-state index contributed by atoms with van der Waals surface area (Å²) in [5, 5.41) is 16.5. The van der Waals surface area contributed by atoms with E-state index in [-0.39, 0.29) is 12.4 Å². The Kier molecular flexibility index (Phi) is 3.02. The number of aromatic nitrogens is 3. The summed E-state index contributed by atoms with van der Waals surface area (Å²) in [7, 11) is 0. The molecule has 6 heteroatoms. The van der Waals surface area contributed by atoms with Gasteiger partial charge in [-0.2, -0.15) is 0 Å². The van der Waals surface area contributed by atoms with Crippen LogP contribution in [0.3, 0.4) is 0 Å². The SMILES string of the molecule is Cc1cc(F)c(Br)cc1-n1cc(CO)nn1. The van der Waals surface area contributed by atoms with E-state index in [0.717, 1.165) is 11.3 Å². The number of aryl methyl sites for hydroxylation is 1. The first-order chi connectivity index (χ1) is 7.61. The summed E-state index contributed by atoms with van der Waals surface area (Å²) < 4.78 is 15.1. The number of halogens is 2. The highest BCUT2D eigenvalue weighted by Gasteiger charge is 2.08. The molecule has 0 unspecified atom stereocenters. The Morgan fingerprint density at radius 2 is 2.25 bits per heavy atom. The zero-order chi connectivity index (χ0) is 11.7. The maximum Gasteiger partial charge on any atom is 0.137 e. The lowest BCUT2D eigenvalue weighted by atomic mass is 10.2. The fourth-order valence-electron chi connectivity index (χ4n) is 1.37. The molecule has 0 saturated carbocycles. The second kappa shape index (κ2) is 4.31. The largest absolute Gasteiger partial charge is 0.390 e. The van der Waals surface area contributed by atoms with Gasteiger partial charge in [0.2, 0.25) is 0 Å². The lowest BCUT2D eigenvalue weighted by Crippen LogP contribution is -1.99. The van der Waals surface area contributed by atoms with Gasteiger partial charge >= 0.3 is 0 Å². The molecule has 1 aromatic carbocycles. The molecule has 0 atom stereocenters. The molecule has 0 aliphatic rings. The molecule has 0 fully saturated rings. The molecule has 0 aliphatic heterocycles. The molecule has 0 spiro atoms. The fourth-order valence-corrected chi connectivity index (χ4v) is 1.70. The summed E-state index contributed by atoms with van der Waals surface area (Å²) in [5.41, 5.74) is 1.94. The van der Waals surface area contributed by atoms with E-state index in [1.165, 1.54) is 10.7 Å². The molecule has 1 N–H and O–H groups in total. The molecule has 84 valence electrons. The van der Waals surface area contributed by atoms with Crippen molar-refractivity contribution in [3.8, 4) is 5.69 Å². The molecule has 1 heterocycles. The molecule has 2 rings (SSSR count). The Morgan fingerprint density at radius 3 is 2.88 bits per heavy atom. The monoisotopic (exact) mass is 285 g/mol. The Balaban J connectivity index is 2.51.